The molecule has 2 atom stereocenters. The molecule has 0 aliphatic carbocycles. The average Bonchev–Trinajstić information content (AvgIpc) is 3.90. The van der Waals surface area contributed by atoms with Crippen molar-refractivity contribution in [3.8, 4) is 28.3 Å². The van der Waals surface area contributed by atoms with E-state index in [0.717, 1.165) is 28.8 Å². The van der Waals surface area contributed by atoms with Gasteiger partial charge in [-0.2, -0.15) is 26.3 Å². The van der Waals surface area contributed by atoms with Gasteiger partial charge in [0.05, 0.1) is 24.7 Å². The number of hydrogen-bond acceptors (Lipinski definition) is 7. The quantitative estimate of drug-likeness (QED) is 0.107. The zero-order valence-corrected chi connectivity index (χ0v) is 31.5. The maximum Gasteiger partial charge on any atom is 0.420 e. The average molecular weight is 794 g/mol. The fourth-order valence-electron chi connectivity index (χ4n) is 7.94. The number of alkyl halides is 6. The van der Waals surface area contributed by atoms with Crippen molar-refractivity contribution >= 4 is 29.2 Å². The lowest BCUT2D eigenvalue weighted by Gasteiger charge is -2.20. The molecule has 0 amide bonds. The highest BCUT2D eigenvalue weighted by molar-refractivity contribution is 5.85. The van der Waals surface area contributed by atoms with Crippen LogP contribution in [-0.4, -0.2) is 70.4 Å². The van der Waals surface area contributed by atoms with E-state index in [-0.39, 0.29) is 36.6 Å². The molecule has 0 radical (unpaired) electrons. The summed E-state index contributed by atoms with van der Waals surface area (Å²) in [5, 5.41) is 19.3. The molecule has 1 aromatic heterocycles. The highest BCUT2D eigenvalue weighted by Gasteiger charge is 2.37. The van der Waals surface area contributed by atoms with Crippen LogP contribution in [0.5, 0.6) is 5.75 Å². The fourth-order valence-corrected chi connectivity index (χ4v) is 7.94. The number of fused-ring (bicyclic) bond motifs is 1. The Balaban J connectivity index is 1.21. The van der Waals surface area contributed by atoms with E-state index in [0.29, 0.717) is 66.0 Å². The molecule has 2 N–H and O–H groups in total. The number of hydrogen-bond donors (Lipinski definition) is 2. The summed E-state index contributed by atoms with van der Waals surface area (Å²) in [7, 11) is 1.41. The Hall–Kier alpha value is -5.18. The van der Waals surface area contributed by atoms with Gasteiger partial charge < -0.3 is 19.4 Å². The van der Waals surface area contributed by atoms with Crippen LogP contribution in [0.4, 0.5) is 26.3 Å². The van der Waals surface area contributed by atoms with Crippen molar-refractivity contribution in [2.75, 3.05) is 33.3 Å². The number of rotatable bonds is 10. The van der Waals surface area contributed by atoms with Crippen molar-refractivity contribution in [1.29, 1.82) is 0 Å². The van der Waals surface area contributed by atoms with Crippen molar-refractivity contribution in [2.24, 2.45) is 5.92 Å². The number of aliphatic hydroxyl groups is 1. The molecule has 5 aromatic rings. The zero-order chi connectivity index (χ0) is 40.8. The number of aliphatic carboxylic acids is 1. The fraction of sp³-hybridized carbons (Fsp3) is 0.349. The van der Waals surface area contributed by atoms with Crippen LogP contribution in [0.3, 0.4) is 0 Å². The summed E-state index contributed by atoms with van der Waals surface area (Å²) in [6.07, 6.45) is -5.92. The summed E-state index contributed by atoms with van der Waals surface area (Å²) in [6.45, 7) is 5.61. The smallest absolute Gasteiger partial charge is 0.420 e. The molecule has 7 rings (SSSR count). The van der Waals surface area contributed by atoms with Crippen molar-refractivity contribution in [3.63, 3.8) is 0 Å². The third kappa shape index (κ3) is 8.44. The normalized spacial score (nSPS) is 18.4. The maximum absolute atomic E-state index is 14.4. The van der Waals surface area contributed by atoms with Crippen molar-refractivity contribution < 1.29 is 50.5 Å². The molecular formula is C43H41F6N3O5. The monoisotopic (exact) mass is 793 g/mol. The van der Waals surface area contributed by atoms with Gasteiger partial charge in [0, 0.05) is 43.9 Å². The molecule has 300 valence electrons. The predicted octanol–water partition coefficient (Wildman–Crippen LogP) is 9.47. The van der Waals surface area contributed by atoms with Gasteiger partial charge in [0.1, 0.15) is 16.8 Å². The minimum absolute atomic E-state index is 0.00852. The van der Waals surface area contributed by atoms with Crippen LogP contribution in [0, 0.1) is 19.8 Å². The second-order valence-corrected chi connectivity index (χ2v) is 14.8. The molecule has 4 aromatic carbocycles. The van der Waals surface area contributed by atoms with Crippen LogP contribution >= 0.6 is 0 Å². The number of likely N-dealkylation sites (tertiary alicyclic amines) is 2. The number of methoxy groups -OCH3 is 1. The number of carbonyl (C=O) groups is 1. The van der Waals surface area contributed by atoms with Gasteiger partial charge in [-0.1, -0.05) is 42.5 Å². The molecule has 57 heavy (non-hydrogen) atoms. The second-order valence-electron chi connectivity index (χ2n) is 14.8. The minimum Gasteiger partial charge on any atom is -0.496 e. The molecule has 14 heteroatoms. The maximum atomic E-state index is 14.4. The molecule has 2 aliphatic heterocycles. The van der Waals surface area contributed by atoms with E-state index < -0.39 is 47.1 Å². The lowest BCUT2D eigenvalue weighted by molar-refractivity contribution is -0.141. The first kappa shape index (κ1) is 40.0. The second kappa shape index (κ2) is 15.6. The summed E-state index contributed by atoms with van der Waals surface area (Å²) in [5.74, 6) is -1.21. The first-order valence-electron chi connectivity index (χ1n) is 18.5. The Bertz CT molecular complexity index is 2350. The molecule has 8 nitrogen and oxygen atoms in total. The Kier molecular flexibility index (Phi) is 11.0. The zero-order valence-electron chi connectivity index (χ0n) is 31.5. The number of ether oxygens (including phenoxy) is 1. The third-order valence-corrected chi connectivity index (χ3v) is 11.0. The molecule has 0 bridgehead atoms. The number of carboxylic acids is 1. The molecule has 2 fully saturated rings. The van der Waals surface area contributed by atoms with Crippen LogP contribution in [0.15, 0.2) is 65.1 Å². The topological polar surface area (TPSA) is 99.3 Å². The number of nitrogens with zero attached hydrogens (tertiary/aromatic N) is 3. The van der Waals surface area contributed by atoms with Gasteiger partial charge in [0.15, 0.2) is 5.58 Å². The first-order valence-corrected chi connectivity index (χ1v) is 18.5. The molecule has 2 saturated heterocycles. The van der Waals surface area contributed by atoms with Gasteiger partial charge in [-0.25, -0.2) is 4.98 Å². The van der Waals surface area contributed by atoms with E-state index in [1.165, 1.54) is 25.3 Å². The molecule has 3 heterocycles. The van der Waals surface area contributed by atoms with Crippen LogP contribution in [0.2, 0.25) is 0 Å². The number of aromatic nitrogens is 1. The Morgan fingerprint density at radius 3 is 2.14 bits per heavy atom. The van der Waals surface area contributed by atoms with E-state index in [2.05, 4.69) is 4.98 Å². The number of carboxylic acid groups (broad SMARTS) is 1. The SMILES string of the molecule is COc1cc(/C=C/c2cccc(-c3cccc(-c4nc5cc(CN6CC[C@@H](C(=O)O)C6)cc(C(F)(F)F)c5o4)c3C)c2C)c(C(F)(F)F)cc1CN1CC[C@@H](O)C1. The van der Waals surface area contributed by atoms with Gasteiger partial charge >= 0.3 is 18.3 Å². The van der Waals surface area contributed by atoms with Crippen LogP contribution in [0.25, 0.3) is 45.8 Å². The molecule has 0 unspecified atom stereocenters. The first-order chi connectivity index (χ1) is 27.0. The molecule has 2 aliphatic rings. The van der Waals surface area contributed by atoms with Crippen LogP contribution < -0.4 is 4.74 Å². The van der Waals surface area contributed by atoms with Crippen LogP contribution in [0.1, 0.15) is 57.3 Å². The number of benzene rings is 4. The molecule has 0 saturated carbocycles. The van der Waals surface area contributed by atoms with E-state index in [1.54, 1.807) is 37.3 Å². The van der Waals surface area contributed by atoms with Gasteiger partial charge in [0.2, 0.25) is 5.89 Å². The Morgan fingerprint density at radius 2 is 1.49 bits per heavy atom. The third-order valence-electron chi connectivity index (χ3n) is 11.0. The van der Waals surface area contributed by atoms with Crippen molar-refractivity contribution in [1.82, 2.24) is 14.8 Å². The number of β-amino-alcohol motifs (C(OH)–C–C–N with tert-alkyl or cyclic N) is 1. The minimum atomic E-state index is -4.74. The van der Waals surface area contributed by atoms with Crippen molar-refractivity contribution in [2.45, 2.75) is 58.2 Å². The molecular weight excluding hydrogens is 752 g/mol. The standard InChI is InChI=1S/C43H41F6N3O5/c1-24-27(10-11-28-19-38(56-3)30(18-35(28)42(44,45)46)22-52-15-13-31(53)23-52)6-4-7-32(24)33-8-5-9-34(25(33)2)40-50-37-17-26(16-36(39(37)57-40)43(47,48)49)20-51-14-12-29(21-51)41(54)55/h4-11,16-19,29,31,53H,12-15,20-23H2,1-3H3,(H,54,55)/b11-10+/t29-,31-/m1/s1. The summed E-state index contributed by atoms with van der Waals surface area (Å²) in [5.41, 5.74) is 2.50. The lowest BCUT2D eigenvalue weighted by atomic mass is 9.91. The largest absolute Gasteiger partial charge is 0.496 e. The van der Waals surface area contributed by atoms with Gasteiger partial charge in [0.25, 0.3) is 0 Å². The summed E-state index contributed by atoms with van der Waals surface area (Å²) in [6, 6.07) is 15.8. The lowest BCUT2D eigenvalue weighted by Crippen LogP contribution is -2.23. The summed E-state index contributed by atoms with van der Waals surface area (Å²) < 4.78 is 97.8. The Labute approximate surface area is 325 Å². The van der Waals surface area contributed by atoms with E-state index in [4.69, 9.17) is 9.15 Å². The predicted molar refractivity (Wildman–Crippen MR) is 203 cm³/mol. The summed E-state index contributed by atoms with van der Waals surface area (Å²) >= 11 is 0. The van der Waals surface area contributed by atoms with Gasteiger partial charge in [-0.05, 0) is 103 Å². The van der Waals surface area contributed by atoms with Gasteiger partial charge in [-0.3, -0.25) is 14.6 Å². The highest BCUT2D eigenvalue weighted by atomic mass is 19.4. The molecule has 0 spiro atoms. The summed E-state index contributed by atoms with van der Waals surface area (Å²) in [4.78, 5) is 19.6. The van der Waals surface area contributed by atoms with E-state index in [9.17, 15) is 41.4 Å². The number of aliphatic hydroxyl groups excluding tert-OH is 1. The highest BCUT2D eigenvalue weighted by Crippen LogP contribution is 2.41. The number of oxazole rings is 1. The number of halogens is 6. The van der Waals surface area contributed by atoms with Crippen LogP contribution in [-0.2, 0) is 30.2 Å². The van der Waals surface area contributed by atoms with E-state index in [1.807, 2.05) is 28.9 Å². The van der Waals surface area contributed by atoms with Crippen molar-refractivity contribution in [3.05, 3.63) is 105 Å². The van der Waals surface area contributed by atoms with E-state index >= 15 is 0 Å². The Morgan fingerprint density at radius 1 is 0.842 bits per heavy atom. The van der Waals surface area contributed by atoms with Gasteiger partial charge in [-0.15, -0.1) is 0 Å².